The van der Waals surface area contributed by atoms with Crippen molar-refractivity contribution >= 4 is 11.6 Å². The molecule has 0 saturated heterocycles. The van der Waals surface area contributed by atoms with Crippen molar-refractivity contribution in [1.82, 2.24) is 0 Å². The highest BCUT2D eigenvalue weighted by atomic mass is 35.5. The number of benzene rings is 1. The first-order valence-corrected chi connectivity index (χ1v) is 5.08. The van der Waals surface area contributed by atoms with Crippen LogP contribution >= 0.6 is 11.6 Å². The molecule has 14 heavy (non-hydrogen) atoms. The summed E-state index contributed by atoms with van der Waals surface area (Å²) in [4.78, 5) is 0. The maximum atomic E-state index is 6.19. The summed E-state index contributed by atoms with van der Waals surface area (Å²) in [5.74, 6) is 1.70. The van der Waals surface area contributed by atoms with E-state index in [0.29, 0.717) is 0 Å². The third-order valence-electron chi connectivity index (χ3n) is 2.66. The average molecular weight is 213 g/mol. The van der Waals surface area contributed by atoms with Crippen LogP contribution in [-0.4, -0.2) is 14.2 Å². The van der Waals surface area contributed by atoms with Crippen LogP contribution in [0, 0.1) is 0 Å². The first-order chi connectivity index (χ1) is 6.76. The number of hydrogen-bond acceptors (Lipinski definition) is 2. The monoisotopic (exact) mass is 212 g/mol. The fourth-order valence-electron chi connectivity index (χ4n) is 1.91. The minimum atomic E-state index is 0.106. The van der Waals surface area contributed by atoms with Crippen molar-refractivity contribution in [2.75, 3.05) is 14.2 Å². The van der Waals surface area contributed by atoms with Gasteiger partial charge in [0.15, 0.2) is 0 Å². The van der Waals surface area contributed by atoms with Gasteiger partial charge in [0.25, 0.3) is 0 Å². The number of halogens is 1. The molecule has 1 unspecified atom stereocenters. The Morgan fingerprint density at radius 3 is 2.71 bits per heavy atom. The van der Waals surface area contributed by atoms with Gasteiger partial charge in [-0.25, -0.2) is 0 Å². The fourth-order valence-corrected chi connectivity index (χ4v) is 2.22. The first-order valence-electron chi connectivity index (χ1n) is 4.65. The second-order valence-corrected chi connectivity index (χ2v) is 3.93. The molecule has 1 aromatic carbocycles. The molecule has 0 radical (unpaired) electrons. The molecule has 0 aromatic heterocycles. The maximum absolute atomic E-state index is 6.19. The molecule has 2 rings (SSSR count). The fraction of sp³-hybridized carbons (Fsp3) is 0.455. The van der Waals surface area contributed by atoms with E-state index in [4.69, 9.17) is 21.1 Å². The maximum Gasteiger partial charge on any atom is 0.126 e. The molecule has 1 atom stereocenters. The zero-order valence-corrected chi connectivity index (χ0v) is 9.10. The van der Waals surface area contributed by atoms with Gasteiger partial charge < -0.3 is 9.47 Å². The van der Waals surface area contributed by atoms with Crippen molar-refractivity contribution in [3.8, 4) is 11.5 Å². The third-order valence-corrected chi connectivity index (χ3v) is 3.11. The third kappa shape index (κ3) is 1.44. The number of rotatable bonds is 2. The van der Waals surface area contributed by atoms with Gasteiger partial charge in [0.1, 0.15) is 11.5 Å². The van der Waals surface area contributed by atoms with Crippen molar-refractivity contribution in [1.29, 1.82) is 0 Å². The Morgan fingerprint density at radius 1 is 1.29 bits per heavy atom. The van der Waals surface area contributed by atoms with Crippen molar-refractivity contribution in [2.45, 2.75) is 18.2 Å². The van der Waals surface area contributed by atoms with E-state index >= 15 is 0 Å². The largest absolute Gasteiger partial charge is 0.497 e. The molecule has 1 aliphatic rings. The summed E-state index contributed by atoms with van der Waals surface area (Å²) >= 11 is 6.19. The molecule has 0 bridgehead atoms. The van der Waals surface area contributed by atoms with Gasteiger partial charge in [-0.05, 0) is 30.0 Å². The molecule has 1 aliphatic carbocycles. The summed E-state index contributed by atoms with van der Waals surface area (Å²) in [6.45, 7) is 0. The first kappa shape index (κ1) is 9.66. The van der Waals surface area contributed by atoms with Crippen LogP contribution in [0.25, 0.3) is 0 Å². The molecule has 1 aromatic rings. The Kier molecular flexibility index (Phi) is 2.55. The highest BCUT2D eigenvalue weighted by molar-refractivity contribution is 6.21. The smallest absolute Gasteiger partial charge is 0.126 e. The molecule has 0 aliphatic heterocycles. The van der Waals surface area contributed by atoms with Crippen LogP contribution in [-0.2, 0) is 6.42 Å². The van der Waals surface area contributed by atoms with Gasteiger partial charge in [0, 0.05) is 6.07 Å². The molecule has 0 N–H and O–H groups in total. The van der Waals surface area contributed by atoms with Gasteiger partial charge in [-0.2, -0.15) is 0 Å². The van der Waals surface area contributed by atoms with Crippen LogP contribution in [0.4, 0.5) is 0 Å². The molecule has 3 heteroatoms. The predicted octanol–water partition coefficient (Wildman–Crippen LogP) is 2.93. The zero-order chi connectivity index (χ0) is 10.1. The molecular weight excluding hydrogens is 200 g/mol. The van der Waals surface area contributed by atoms with Gasteiger partial charge in [-0.15, -0.1) is 11.6 Å². The summed E-state index contributed by atoms with van der Waals surface area (Å²) in [5, 5.41) is 0.106. The van der Waals surface area contributed by atoms with Crippen LogP contribution in [0.15, 0.2) is 12.1 Å². The molecule has 0 heterocycles. The van der Waals surface area contributed by atoms with E-state index < -0.39 is 0 Å². The summed E-state index contributed by atoms with van der Waals surface area (Å²) in [6, 6.07) is 3.91. The summed E-state index contributed by atoms with van der Waals surface area (Å²) in [7, 11) is 3.33. The second-order valence-electron chi connectivity index (χ2n) is 3.40. The highest BCUT2D eigenvalue weighted by Crippen LogP contribution is 2.42. The van der Waals surface area contributed by atoms with E-state index in [1.165, 1.54) is 5.56 Å². The van der Waals surface area contributed by atoms with Crippen LogP contribution < -0.4 is 9.47 Å². The lowest BCUT2D eigenvalue weighted by atomic mass is 10.1. The summed E-state index contributed by atoms with van der Waals surface area (Å²) < 4.78 is 10.5. The number of methoxy groups -OCH3 is 2. The lowest BCUT2D eigenvalue weighted by Crippen LogP contribution is -1.93. The van der Waals surface area contributed by atoms with Gasteiger partial charge in [0.05, 0.1) is 19.6 Å². The zero-order valence-electron chi connectivity index (χ0n) is 8.34. The van der Waals surface area contributed by atoms with Crippen LogP contribution in [0.2, 0.25) is 0 Å². The van der Waals surface area contributed by atoms with Crippen LogP contribution in [0.5, 0.6) is 11.5 Å². The van der Waals surface area contributed by atoms with Crippen LogP contribution in [0.1, 0.15) is 22.9 Å². The van der Waals surface area contributed by atoms with Crippen molar-refractivity contribution in [2.24, 2.45) is 0 Å². The average Bonchev–Trinajstić information content (AvgIpc) is 2.59. The van der Waals surface area contributed by atoms with Crippen LogP contribution in [0.3, 0.4) is 0 Å². The number of alkyl halides is 1. The highest BCUT2D eigenvalue weighted by Gasteiger charge is 2.24. The van der Waals surface area contributed by atoms with E-state index in [2.05, 4.69) is 0 Å². The number of ether oxygens (including phenoxy) is 2. The summed E-state index contributed by atoms with van der Waals surface area (Å²) in [5.41, 5.74) is 2.39. The van der Waals surface area contributed by atoms with Crippen molar-refractivity contribution in [3.63, 3.8) is 0 Å². The Bertz CT molecular complexity index is 349. The second kappa shape index (κ2) is 3.70. The standard InChI is InChI=1S/C11H13ClO2/c1-13-7-5-9-8(3-4-10(9)12)11(6-7)14-2/h5-6,10H,3-4H2,1-2H3. The van der Waals surface area contributed by atoms with Gasteiger partial charge in [0.2, 0.25) is 0 Å². The van der Waals surface area contributed by atoms with E-state index in [1.807, 2.05) is 12.1 Å². The van der Waals surface area contributed by atoms with Crippen molar-refractivity contribution < 1.29 is 9.47 Å². The van der Waals surface area contributed by atoms with E-state index in [1.54, 1.807) is 14.2 Å². The Morgan fingerprint density at radius 2 is 2.07 bits per heavy atom. The molecule has 2 nitrogen and oxygen atoms in total. The molecule has 0 saturated carbocycles. The molecule has 0 spiro atoms. The Labute approximate surface area is 88.8 Å². The Balaban J connectivity index is 2.52. The van der Waals surface area contributed by atoms with E-state index in [0.717, 1.165) is 29.9 Å². The topological polar surface area (TPSA) is 18.5 Å². The number of hydrogen-bond donors (Lipinski definition) is 0. The molecule has 0 amide bonds. The predicted molar refractivity (Wildman–Crippen MR) is 56.5 cm³/mol. The SMILES string of the molecule is COc1cc(OC)c2c(c1)C(Cl)CC2. The molecular formula is C11H13ClO2. The molecule has 0 fully saturated rings. The lowest BCUT2D eigenvalue weighted by Gasteiger charge is -2.10. The van der Waals surface area contributed by atoms with Gasteiger partial charge >= 0.3 is 0 Å². The summed E-state index contributed by atoms with van der Waals surface area (Å²) in [6.07, 6.45) is 1.98. The number of fused-ring (bicyclic) bond motifs is 1. The normalized spacial score (nSPS) is 19.2. The lowest BCUT2D eigenvalue weighted by molar-refractivity contribution is 0.391. The van der Waals surface area contributed by atoms with Gasteiger partial charge in [-0.3, -0.25) is 0 Å². The minimum absolute atomic E-state index is 0.106. The quantitative estimate of drug-likeness (QED) is 0.702. The van der Waals surface area contributed by atoms with Gasteiger partial charge in [-0.1, -0.05) is 0 Å². The minimum Gasteiger partial charge on any atom is -0.497 e. The Hall–Kier alpha value is -0.890. The van der Waals surface area contributed by atoms with E-state index in [9.17, 15) is 0 Å². The van der Waals surface area contributed by atoms with E-state index in [-0.39, 0.29) is 5.38 Å². The van der Waals surface area contributed by atoms with Crippen molar-refractivity contribution in [3.05, 3.63) is 23.3 Å². The molecule has 76 valence electrons.